The van der Waals surface area contributed by atoms with Gasteiger partial charge in [-0.05, 0) is 50.4 Å². The summed E-state index contributed by atoms with van der Waals surface area (Å²) in [6, 6.07) is 4.26. The van der Waals surface area contributed by atoms with E-state index in [0.29, 0.717) is 6.54 Å². The Balaban J connectivity index is 2.52. The summed E-state index contributed by atoms with van der Waals surface area (Å²) < 4.78 is 23.2. The molecule has 0 saturated carbocycles. The highest BCUT2D eigenvalue weighted by atomic mass is 32.2. The molecule has 0 unspecified atom stereocenters. The van der Waals surface area contributed by atoms with Crippen molar-refractivity contribution in [2.24, 2.45) is 5.73 Å². The second-order valence-electron chi connectivity index (χ2n) is 5.62. The van der Waals surface area contributed by atoms with Crippen LogP contribution in [0.5, 0.6) is 0 Å². The lowest BCUT2D eigenvalue weighted by molar-refractivity contribution is 0.429. The van der Waals surface area contributed by atoms with Crippen LogP contribution < -0.4 is 5.73 Å². The molecule has 1 saturated heterocycles. The quantitative estimate of drug-likeness (QED) is 0.905. The first kappa shape index (κ1) is 13.6. The van der Waals surface area contributed by atoms with Crippen LogP contribution in [0, 0.1) is 20.8 Å². The molecule has 3 nitrogen and oxygen atoms in total. The standard InChI is InChI=1S/C14H21NO2S/c1-10-6-11(2)13(12(3)7-10)14(4-5-15)8-18(16,17)9-14/h6-7H,4-5,8-9,15H2,1-3H3. The zero-order valence-electron chi connectivity index (χ0n) is 11.3. The molecule has 1 aromatic carbocycles. The normalized spacial score (nSPS) is 20.4. The van der Waals surface area contributed by atoms with Crippen LogP contribution in [-0.2, 0) is 15.3 Å². The van der Waals surface area contributed by atoms with Crippen LogP contribution in [0.25, 0.3) is 0 Å². The average molecular weight is 267 g/mol. The van der Waals surface area contributed by atoms with Gasteiger partial charge >= 0.3 is 0 Å². The Labute approximate surface area is 109 Å². The van der Waals surface area contributed by atoms with E-state index in [2.05, 4.69) is 32.9 Å². The predicted octanol–water partition coefficient (Wildman–Crippen LogP) is 1.63. The van der Waals surface area contributed by atoms with Gasteiger partial charge in [-0.15, -0.1) is 0 Å². The number of hydrogen-bond donors (Lipinski definition) is 1. The number of nitrogens with two attached hydrogens (primary N) is 1. The second kappa shape index (κ2) is 4.35. The Kier molecular flexibility index (Phi) is 3.28. The van der Waals surface area contributed by atoms with E-state index in [1.165, 1.54) is 22.3 Å². The molecule has 0 aromatic heterocycles. The van der Waals surface area contributed by atoms with Gasteiger partial charge in [0.2, 0.25) is 0 Å². The lowest BCUT2D eigenvalue weighted by atomic mass is 9.75. The number of rotatable bonds is 3. The van der Waals surface area contributed by atoms with Gasteiger partial charge in [0, 0.05) is 5.41 Å². The van der Waals surface area contributed by atoms with Crippen molar-refractivity contribution < 1.29 is 8.42 Å². The zero-order chi connectivity index (χ0) is 13.6. The largest absolute Gasteiger partial charge is 0.330 e. The molecule has 0 amide bonds. The molecule has 1 fully saturated rings. The van der Waals surface area contributed by atoms with Crippen molar-refractivity contribution >= 4 is 9.84 Å². The maximum Gasteiger partial charge on any atom is 0.152 e. The SMILES string of the molecule is Cc1cc(C)c(C2(CCN)CS(=O)(=O)C2)c(C)c1. The predicted molar refractivity (Wildman–Crippen MR) is 74.7 cm³/mol. The van der Waals surface area contributed by atoms with Gasteiger partial charge in [-0.2, -0.15) is 0 Å². The van der Waals surface area contributed by atoms with Gasteiger partial charge in [0.15, 0.2) is 9.84 Å². The highest BCUT2D eigenvalue weighted by Gasteiger charge is 2.50. The third-order valence-corrected chi connectivity index (χ3v) is 5.81. The molecule has 0 radical (unpaired) electrons. The van der Waals surface area contributed by atoms with Gasteiger partial charge in [0.25, 0.3) is 0 Å². The summed E-state index contributed by atoms with van der Waals surface area (Å²) in [5, 5.41) is 0. The van der Waals surface area contributed by atoms with Crippen LogP contribution in [0.4, 0.5) is 0 Å². The summed E-state index contributed by atoms with van der Waals surface area (Å²) >= 11 is 0. The molecule has 18 heavy (non-hydrogen) atoms. The summed E-state index contributed by atoms with van der Waals surface area (Å²) in [7, 11) is -2.86. The molecule has 0 atom stereocenters. The molecule has 0 aliphatic carbocycles. The first-order valence-corrected chi connectivity index (χ1v) is 8.11. The fraction of sp³-hybridized carbons (Fsp3) is 0.571. The molecule has 1 aliphatic rings. The molecule has 2 N–H and O–H groups in total. The van der Waals surface area contributed by atoms with Crippen LogP contribution in [-0.4, -0.2) is 26.5 Å². The van der Waals surface area contributed by atoms with Crippen molar-refractivity contribution in [3.63, 3.8) is 0 Å². The number of aryl methyl sites for hydroxylation is 3. The van der Waals surface area contributed by atoms with Crippen LogP contribution in [0.2, 0.25) is 0 Å². The smallest absolute Gasteiger partial charge is 0.152 e. The van der Waals surface area contributed by atoms with Crippen molar-refractivity contribution in [1.82, 2.24) is 0 Å². The monoisotopic (exact) mass is 267 g/mol. The molecule has 2 rings (SSSR count). The lowest BCUT2D eigenvalue weighted by Gasteiger charge is -2.43. The highest BCUT2D eigenvalue weighted by molar-refractivity contribution is 7.93. The molecule has 1 heterocycles. The average Bonchev–Trinajstić information content (AvgIpc) is 2.12. The van der Waals surface area contributed by atoms with Gasteiger partial charge < -0.3 is 5.73 Å². The Morgan fingerprint density at radius 1 is 1.17 bits per heavy atom. The van der Waals surface area contributed by atoms with E-state index >= 15 is 0 Å². The van der Waals surface area contributed by atoms with Crippen molar-refractivity contribution in [2.75, 3.05) is 18.1 Å². The van der Waals surface area contributed by atoms with Crippen LogP contribution in [0.15, 0.2) is 12.1 Å². The molecular weight excluding hydrogens is 246 g/mol. The summed E-state index contributed by atoms with van der Waals surface area (Å²) in [6.07, 6.45) is 0.747. The van der Waals surface area contributed by atoms with Crippen LogP contribution in [0.1, 0.15) is 28.7 Å². The van der Waals surface area contributed by atoms with E-state index in [4.69, 9.17) is 5.73 Å². The van der Waals surface area contributed by atoms with Gasteiger partial charge in [-0.25, -0.2) is 8.42 Å². The molecule has 1 aliphatic heterocycles. The van der Waals surface area contributed by atoms with Gasteiger partial charge in [0.1, 0.15) is 0 Å². The molecule has 0 spiro atoms. The Morgan fingerprint density at radius 2 is 1.67 bits per heavy atom. The Hall–Kier alpha value is -0.870. The fourth-order valence-corrected chi connectivity index (χ4v) is 5.68. The molecule has 4 heteroatoms. The number of sulfone groups is 1. The van der Waals surface area contributed by atoms with Crippen molar-refractivity contribution in [3.05, 3.63) is 34.4 Å². The number of hydrogen-bond acceptors (Lipinski definition) is 3. The molecular formula is C14H21NO2S. The molecule has 0 bridgehead atoms. The van der Waals surface area contributed by atoms with Gasteiger partial charge in [0.05, 0.1) is 11.5 Å². The van der Waals surface area contributed by atoms with Crippen LogP contribution >= 0.6 is 0 Å². The summed E-state index contributed by atoms with van der Waals surface area (Å²) in [4.78, 5) is 0. The lowest BCUT2D eigenvalue weighted by Crippen LogP contribution is -2.53. The van der Waals surface area contributed by atoms with Crippen LogP contribution in [0.3, 0.4) is 0 Å². The summed E-state index contributed by atoms with van der Waals surface area (Å²) in [6.45, 7) is 6.73. The minimum atomic E-state index is -2.86. The van der Waals surface area contributed by atoms with E-state index in [0.717, 1.165) is 6.42 Å². The highest BCUT2D eigenvalue weighted by Crippen LogP contribution is 2.42. The van der Waals surface area contributed by atoms with E-state index in [1.807, 2.05) is 0 Å². The van der Waals surface area contributed by atoms with Crippen molar-refractivity contribution in [1.29, 1.82) is 0 Å². The first-order chi connectivity index (χ1) is 8.30. The van der Waals surface area contributed by atoms with E-state index < -0.39 is 9.84 Å². The number of benzene rings is 1. The van der Waals surface area contributed by atoms with E-state index in [-0.39, 0.29) is 16.9 Å². The fourth-order valence-electron chi connectivity index (χ4n) is 3.51. The third-order valence-electron chi connectivity index (χ3n) is 3.82. The van der Waals surface area contributed by atoms with E-state index in [9.17, 15) is 8.42 Å². The summed E-state index contributed by atoms with van der Waals surface area (Å²) in [5.74, 6) is 0.504. The van der Waals surface area contributed by atoms with Gasteiger partial charge in [-0.1, -0.05) is 17.7 Å². The zero-order valence-corrected chi connectivity index (χ0v) is 12.1. The van der Waals surface area contributed by atoms with Gasteiger partial charge in [-0.3, -0.25) is 0 Å². The maximum atomic E-state index is 11.6. The minimum absolute atomic E-state index is 0.241. The van der Waals surface area contributed by atoms with E-state index in [1.54, 1.807) is 0 Å². The topological polar surface area (TPSA) is 60.2 Å². The second-order valence-corrected chi connectivity index (χ2v) is 7.69. The molecule has 1 aromatic rings. The maximum absolute atomic E-state index is 11.6. The Bertz CT molecular complexity index is 540. The Morgan fingerprint density at radius 3 is 2.06 bits per heavy atom. The first-order valence-electron chi connectivity index (χ1n) is 6.28. The van der Waals surface area contributed by atoms with Crippen molar-refractivity contribution in [3.8, 4) is 0 Å². The minimum Gasteiger partial charge on any atom is -0.330 e. The third kappa shape index (κ3) is 2.19. The summed E-state index contributed by atoms with van der Waals surface area (Å²) in [5.41, 5.74) is 10.2. The molecule has 100 valence electrons. The van der Waals surface area contributed by atoms with Crippen molar-refractivity contribution in [2.45, 2.75) is 32.6 Å².